The van der Waals surface area contributed by atoms with Crippen molar-refractivity contribution in [1.82, 2.24) is 10.2 Å². The van der Waals surface area contributed by atoms with Crippen LogP contribution in [0.15, 0.2) is 54.6 Å². The molecule has 0 aliphatic heterocycles. The summed E-state index contributed by atoms with van der Waals surface area (Å²) in [7, 11) is 0. The molecule has 0 aromatic heterocycles. The molecule has 128 valence electrons. The van der Waals surface area contributed by atoms with Gasteiger partial charge in [-0.2, -0.15) is 0 Å². The lowest BCUT2D eigenvalue weighted by molar-refractivity contribution is -0.123. The normalized spacial score (nSPS) is 12.2. The SMILES string of the molecule is CC(NC(=O)CN(CCN)Cc1ccccc1)c1ccccc1Cl. The van der Waals surface area contributed by atoms with Crippen LogP contribution in [0.3, 0.4) is 0 Å². The van der Waals surface area contributed by atoms with E-state index < -0.39 is 0 Å². The highest BCUT2D eigenvalue weighted by molar-refractivity contribution is 6.31. The molecule has 0 aliphatic rings. The average Bonchev–Trinajstić information content (AvgIpc) is 2.56. The van der Waals surface area contributed by atoms with Crippen LogP contribution in [0.5, 0.6) is 0 Å². The molecule has 2 aromatic rings. The van der Waals surface area contributed by atoms with Gasteiger partial charge in [0.1, 0.15) is 0 Å². The molecule has 2 aromatic carbocycles. The number of rotatable bonds is 8. The first-order valence-electron chi connectivity index (χ1n) is 8.10. The van der Waals surface area contributed by atoms with Crippen molar-refractivity contribution in [3.63, 3.8) is 0 Å². The number of halogens is 1. The highest BCUT2D eigenvalue weighted by atomic mass is 35.5. The van der Waals surface area contributed by atoms with Crippen molar-refractivity contribution in [3.8, 4) is 0 Å². The number of hydrogen-bond acceptors (Lipinski definition) is 3. The van der Waals surface area contributed by atoms with E-state index in [1.807, 2.05) is 66.4 Å². The first-order valence-corrected chi connectivity index (χ1v) is 8.48. The van der Waals surface area contributed by atoms with E-state index in [9.17, 15) is 4.79 Å². The molecule has 2 rings (SSSR count). The molecule has 5 heteroatoms. The summed E-state index contributed by atoms with van der Waals surface area (Å²) in [6.07, 6.45) is 0. The summed E-state index contributed by atoms with van der Waals surface area (Å²) in [6, 6.07) is 17.5. The molecule has 1 atom stereocenters. The van der Waals surface area contributed by atoms with E-state index >= 15 is 0 Å². The summed E-state index contributed by atoms with van der Waals surface area (Å²) in [5.41, 5.74) is 7.76. The summed E-state index contributed by atoms with van der Waals surface area (Å²) < 4.78 is 0. The smallest absolute Gasteiger partial charge is 0.234 e. The fourth-order valence-corrected chi connectivity index (χ4v) is 2.93. The van der Waals surface area contributed by atoms with Crippen LogP contribution in [0.25, 0.3) is 0 Å². The van der Waals surface area contributed by atoms with Crippen LogP contribution in [-0.4, -0.2) is 30.4 Å². The average molecular weight is 346 g/mol. The Morgan fingerprint density at radius 1 is 1.17 bits per heavy atom. The van der Waals surface area contributed by atoms with Crippen molar-refractivity contribution in [3.05, 3.63) is 70.7 Å². The lowest BCUT2D eigenvalue weighted by Gasteiger charge is -2.23. The minimum atomic E-state index is -0.136. The molecule has 0 heterocycles. The topological polar surface area (TPSA) is 58.4 Å². The Bertz CT molecular complexity index is 648. The number of nitrogens with zero attached hydrogens (tertiary/aromatic N) is 1. The van der Waals surface area contributed by atoms with Crippen LogP contribution < -0.4 is 11.1 Å². The summed E-state index contributed by atoms with van der Waals surface area (Å²) >= 11 is 6.19. The van der Waals surface area contributed by atoms with Gasteiger partial charge in [-0.05, 0) is 24.1 Å². The Balaban J connectivity index is 1.94. The zero-order valence-corrected chi connectivity index (χ0v) is 14.7. The van der Waals surface area contributed by atoms with Crippen molar-refractivity contribution in [2.75, 3.05) is 19.6 Å². The second kappa shape index (κ2) is 9.42. The number of hydrogen-bond donors (Lipinski definition) is 2. The van der Waals surface area contributed by atoms with Gasteiger partial charge < -0.3 is 11.1 Å². The molecule has 0 fully saturated rings. The number of nitrogens with two attached hydrogens (primary N) is 1. The van der Waals surface area contributed by atoms with E-state index in [1.165, 1.54) is 0 Å². The molecule has 24 heavy (non-hydrogen) atoms. The summed E-state index contributed by atoms with van der Waals surface area (Å²) in [4.78, 5) is 14.4. The van der Waals surface area contributed by atoms with Gasteiger partial charge in [0.05, 0.1) is 12.6 Å². The largest absolute Gasteiger partial charge is 0.348 e. The van der Waals surface area contributed by atoms with Gasteiger partial charge in [-0.25, -0.2) is 0 Å². The molecule has 0 aliphatic carbocycles. The quantitative estimate of drug-likeness (QED) is 0.773. The predicted octanol–water partition coefficient (Wildman–Crippen LogP) is 2.98. The van der Waals surface area contributed by atoms with E-state index in [4.69, 9.17) is 17.3 Å². The lowest BCUT2D eigenvalue weighted by Crippen LogP contribution is -2.40. The van der Waals surface area contributed by atoms with Crippen LogP contribution in [0.1, 0.15) is 24.1 Å². The van der Waals surface area contributed by atoms with E-state index in [0.29, 0.717) is 31.2 Å². The van der Waals surface area contributed by atoms with E-state index in [1.54, 1.807) is 0 Å². The van der Waals surface area contributed by atoms with Crippen LogP contribution in [0.4, 0.5) is 0 Å². The number of benzene rings is 2. The maximum atomic E-state index is 12.4. The summed E-state index contributed by atoms with van der Waals surface area (Å²) in [5, 5.41) is 3.67. The molecule has 0 bridgehead atoms. The zero-order chi connectivity index (χ0) is 17.4. The summed E-state index contributed by atoms with van der Waals surface area (Å²) in [5.74, 6) is -0.0354. The standard InChI is InChI=1S/C19H24ClN3O/c1-15(17-9-5-6-10-18(17)20)22-19(24)14-23(12-11-21)13-16-7-3-2-4-8-16/h2-10,15H,11-14,21H2,1H3,(H,22,24). The molecule has 0 radical (unpaired) electrons. The fraction of sp³-hybridized carbons (Fsp3) is 0.316. The number of amides is 1. The van der Waals surface area contributed by atoms with Gasteiger partial charge >= 0.3 is 0 Å². The van der Waals surface area contributed by atoms with Gasteiger partial charge in [-0.3, -0.25) is 9.69 Å². The first-order chi connectivity index (χ1) is 11.6. The second-order valence-corrected chi connectivity index (χ2v) is 6.20. The van der Waals surface area contributed by atoms with Crippen molar-refractivity contribution >= 4 is 17.5 Å². The molecule has 0 saturated heterocycles. The number of nitrogens with one attached hydrogen (secondary N) is 1. The van der Waals surface area contributed by atoms with Gasteiger partial charge in [0.15, 0.2) is 0 Å². The minimum Gasteiger partial charge on any atom is -0.348 e. The van der Waals surface area contributed by atoms with Crippen molar-refractivity contribution in [2.45, 2.75) is 19.5 Å². The molecule has 4 nitrogen and oxygen atoms in total. The number of carbonyl (C=O) groups excluding carboxylic acids is 1. The third-order valence-electron chi connectivity index (χ3n) is 3.81. The minimum absolute atomic E-state index is 0.0354. The van der Waals surface area contributed by atoms with Crippen LogP contribution in [0, 0.1) is 0 Å². The maximum absolute atomic E-state index is 12.4. The van der Waals surface area contributed by atoms with Gasteiger partial charge in [-0.15, -0.1) is 0 Å². The van der Waals surface area contributed by atoms with Crippen molar-refractivity contribution < 1.29 is 4.79 Å². The third-order valence-corrected chi connectivity index (χ3v) is 4.15. The molecular formula is C19H24ClN3O. The molecule has 1 unspecified atom stereocenters. The van der Waals surface area contributed by atoms with Crippen LogP contribution >= 0.6 is 11.6 Å². The Morgan fingerprint density at radius 2 is 1.83 bits per heavy atom. The summed E-state index contributed by atoms with van der Waals surface area (Å²) in [6.45, 7) is 4.12. The van der Waals surface area contributed by atoms with Crippen LogP contribution in [0.2, 0.25) is 5.02 Å². The molecule has 0 spiro atoms. The highest BCUT2D eigenvalue weighted by Gasteiger charge is 2.15. The predicted molar refractivity (Wildman–Crippen MR) is 98.8 cm³/mol. The van der Waals surface area contributed by atoms with Crippen molar-refractivity contribution in [1.29, 1.82) is 0 Å². The fourth-order valence-electron chi connectivity index (χ4n) is 2.63. The van der Waals surface area contributed by atoms with E-state index in [0.717, 1.165) is 11.1 Å². The highest BCUT2D eigenvalue weighted by Crippen LogP contribution is 2.22. The lowest BCUT2D eigenvalue weighted by atomic mass is 10.1. The Morgan fingerprint density at radius 3 is 2.50 bits per heavy atom. The number of carbonyl (C=O) groups is 1. The third kappa shape index (κ3) is 5.64. The Kier molecular flexibility index (Phi) is 7.25. The second-order valence-electron chi connectivity index (χ2n) is 5.80. The molecule has 0 saturated carbocycles. The van der Waals surface area contributed by atoms with Gasteiger partial charge in [0.25, 0.3) is 0 Å². The van der Waals surface area contributed by atoms with E-state index in [-0.39, 0.29) is 11.9 Å². The molecule has 3 N–H and O–H groups in total. The molecular weight excluding hydrogens is 322 g/mol. The van der Waals surface area contributed by atoms with Gasteiger partial charge in [0.2, 0.25) is 5.91 Å². The van der Waals surface area contributed by atoms with Crippen LogP contribution in [-0.2, 0) is 11.3 Å². The van der Waals surface area contributed by atoms with Gasteiger partial charge in [-0.1, -0.05) is 60.1 Å². The monoisotopic (exact) mass is 345 g/mol. The van der Waals surface area contributed by atoms with E-state index in [2.05, 4.69) is 5.32 Å². The van der Waals surface area contributed by atoms with Crippen molar-refractivity contribution in [2.24, 2.45) is 5.73 Å². The Labute approximate surface area is 148 Å². The zero-order valence-electron chi connectivity index (χ0n) is 13.9. The first kappa shape index (κ1) is 18.5. The van der Waals surface area contributed by atoms with Gasteiger partial charge in [0, 0.05) is 24.7 Å². The Hall–Kier alpha value is -1.88. The maximum Gasteiger partial charge on any atom is 0.234 e. The molecule has 1 amide bonds.